The van der Waals surface area contributed by atoms with Gasteiger partial charge < -0.3 is 15.7 Å². The van der Waals surface area contributed by atoms with E-state index in [1.54, 1.807) is 37.3 Å². The van der Waals surface area contributed by atoms with E-state index in [1.807, 2.05) is 13.0 Å². The number of hydrogen-bond acceptors (Lipinski definition) is 5. The number of anilines is 2. The number of aryl methyl sites for hydroxylation is 2. The lowest BCUT2D eigenvalue weighted by Gasteiger charge is -2.15. The Morgan fingerprint density at radius 1 is 0.909 bits per heavy atom. The molecule has 0 aliphatic heterocycles. The molecule has 1 unspecified atom stereocenters. The van der Waals surface area contributed by atoms with Crippen LogP contribution in [0.2, 0.25) is 0 Å². The number of sulfone groups is 1. The number of benzene rings is 3. The first kappa shape index (κ1) is 23.9. The van der Waals surface area contributed by atoms with E-state index in [2.05, 4.69) is 10.6 Å². The first-order valence-corrected chi connectivity index (χ1v) is 11.6. The number of rotatable bonds is 6. The minimum absolute atomic E-state index is 0.0340. The first-order valence-electron chi connectivity index (χ1n) is 10.0. The highest BCUT2D eigenvalue weighted by Gasteiger charge is 2.30. The van der Waals surface area contributed by atoms with Gasteiger partial charge in [0.05, 0.1) is 16.3 Å². The fourth-order valence-corrected chi connectivity index (χ4v) is 4.31. The van der Waals surface area contributed by atoms with E-state index in [-0.39, 0.29) is 10.6 Å². The summed E-state index contributed by atoms with van der Waals surface area (Å²) in [7, 11) is -4.01. The van der Waals surface area contributed by atoms with Crippen LogP contribution < -0.4 is 10.6 Å². The lowest BCUT2D eigenvalue weighted by Crippen LogP contribution is -2.33. The molecule has 3 N–H and O–H groups in total. The van der Waals surface area contributed by atoms with Crippen LogP contribution >= 0.6 is 0 Å². The summed E-state index contributed by atoms with van der Waals surface area (Å²) in [4.78, 5) is 24.9. The minimum Gasteiger partial charge on any atom is -0.506 e. The van der Waals surface area contributed by atoms with E-state index >= 15 is 0 Å². The molecule has 0 spiro atoms. The molecule has 3 rings (SSSR count). The van der Waals surface area contributed by atoms with Crippen LogP contribution in [0.1, 0.15) is 28.4 Å². The van der Waals surface area contributed by atoms with Gasteiger partial charge in [0.2, 0.25) is 5.91 Å². The Bertz CT molecular complexity index is 1320. The van der Waals surface area contributed by atoms with E-state index in [4.69, 9.17) is 0 Å². The lowest BCUT2D eigenvalue weighted by atomic mass is 10.1. The molecular formula is C24H23FN2O5S. The zero-order valence-electron chi connectivity index (χ0n) is 18.2. The fourth-order valence-electron chi connectivity index (χ4n) is 3.05. The van der Waals surface area contributed by atoms with Crippen LogP contribution in [0.3, 0.4) is 0 Å². The Hall–Kier alpha value is -3.72. The molecule has 3 aromatic rings. The molecule has 0 aliphatic rings. The third kappa shape index (κ3) is 5.38. The maximum Gasteiger partial charge on any atom is 0.255 e. The van der Waals surface area contributed by atoms with Crippen molar-refractivity contribution in [3.05, 3.63) is 83.2 Å². The van der Waals surface area contributed by atoms with Crippen molar-refractivity contribution in [2.24, 2.45) is 0 Å². The second kappa shape index (κ2) is 9.41. The summed E-state index contributed by atoms with van der Waals surface area (Å²) in [5, 5.41) is 13.3. The zero-order valence-corrected chi connectivity index (χ0v) is 19.0. The van der Waals surface area contributed by atoms with Gasteiger partial charge in [-0.05, 0) is 45.0 Å². The summed E-state index contributed by atoms with van der Waals surface area (Å²) in [6.45, 7) is 4.80. The number of phenols is 1. The number of phenolic OH excluding ortho intramolecular Hbond substituents is 1. The van der Waals surface area contributed by atoms with Gasteiger partial charge in [-0.2, -0.15) is 0 Å². The van der Waals surface area contributed by atoms with Crippen molar-refractivity contribution in [3.8, 4) is 5.75 Å². The quantitative estimate of drug-likeness (QED) is 0.468. The third-order valence-electron chi connectivity index (χ3n) is 5.06. The molecule has 172 valence electrons. The van der Waals surface area contributed by atoms with Crippen molar-refractivity contribution >= 4 is 33.0 Å². The Labute approximate surface area is 191 Å². The molecule has 7 nitrogen and oxygen atoms in total. The zero-order chi connectivity index (χ0) is 24.3. The van der Waals surface area contributed by atoms with Crippen LogP contribution in [0.4, 0.5) is 15.8 Å². The van der Waals surface area contributed by atoms with Gasteiger partial charge >= 0.3 is 0 Å². The van der Waals surface area contributed by atoms with Gasteiger partial charge in [0.1, 0.15) is 16.8 Å². The number of nitrogens with one attached hydrogen (secondary N) is 2. The van der Waals surface area contributed by atoms with Crippen LogP contribution in [0.5, 0.6) is 5.75 Å². The Morgan fingerprint density at radius 3 is 2.21 bits per heavy atom. The number of carbonyl (C=O) groups is 2. The van der Waals surface area contributed by atoms with E-state index in [1.165, 1.54) is 19.1 Å². The van der Waals surface area contributed by atoms with E-state index in [0.29, 0.717) is 5.56 Å². The molecule has 0 saturated heterocycles. The van der Waals surface area contributed by atoms with Crippen LogP contribution in [-0.2, 0) is 14.6 Å². The van der Waals surface area contributed by atoms with Gasteiger partial charge in [-0.25, -0.2) is 12.8 Å². The van der Waals surface area contributed by atoms with Crippen LogP contribution in [0, 0.1) is 19.7 Å². The van der Waals surface area contributed by atoms with E-state index < -0.39 is 44.2 Å². The normalized spacial score (nSPS) is 12.1. The molecule has 0 saturated carbocycles. The second-order valence-electron chi connectivity index (χ2n) is 7.66. The van der Waals surface area contributed by atoms with Crippen molar-refractivity contribution in [2.45, 2.75) is 30.9 Å². The number of halogens is 1. The molecule has 0 radical (unpaired) electrons. The summed E-state index contributed by atoms with van der Waals surface area (Å²) in [5.74, 6) is -2.98. The van der Waals surface area contributed by atoms with Crippen LogP contribution in [0.25, 0.3) is 0 Å². The Balaban J connectivity index is 1.77. The summed E-state index contributed by atoms with van der Waals surface area (Å²) >= 11 is 0. The van der Waals surface area contributed by atoms with Crippen LogP contribution in [0.15, 0.2) is 65.6 Å². The Morgan fingerprint density at radius 2 is 1.58 bits per heavy atom. The molecule has 3 aromatic carbocycles. The van der Waals surface area contributed by atoms with Gasteiger partial charge in [0, 0.05) is 17.7 Å². The van der Waals surface area contributed by atoms with Crippen LogP contribution in [-0.4, -0.2) is 30.6 Å². The average Bonchev–Trinajstić information content (AvgIpc) is 2.76. The van der Waals surface area contributed by atoms with Gasteiger partial charge in [0.25, 0.3) is 5.91 Å². The summed E-state index contributed by atoms with van der Waals surface area (Å²) in [5.41, 5.74) is 1.42. The molecule has 9 heteroatoms. The largest absolute Gasteiger partial charge is 0.506 e. The molecule has 1 atom stereocenters. The van der Waals surface area contributed by atoms with Gasteiger partial charge in [-0.3, -0.25) is 9.59 Å². The van der Waals surface area contributed by atoms with Crippen molar-refractivity contribution in [2.75, 3.05) is 10.6 Å². The first-order chi connectivity index (χ1) is 15.5. The maximum absolute atomic E-state index is 14.6. The SMILES string of the molecule is Cc1ccc(S(=O)(=O)C(C)C(=O)Nc2cc(O)c(NC(=O)c3cccc(C)c3)cc2F)cc1. The monoisotopic (exact) mass is 470 g/mol. The average molecular weight is 471 g/mol. The highest BCUT2D eigenvalue weighted by Crippen LogP contribution is 2.31. The second-order valence-corrected chi connectivity index (χ2v) is 9.93. The standard InChI is InChI=1S/C24H23FN2O5S/c1-14-7-9-18(10-8-14)33(31,32)16(3)23(29)26-20-13-22(28)21(12-19(20)25)27-24(30)17-6-4-5-15(2)11-17/h4-13,16,28H,1-3H3,(H,26,29)(H,27,30). The van der Waals surface area contributed by atoms with Crippen molar-refractivity contribution in [3.63, 3.8) is 0 Å². The molecule has 0 bridgehead atoms. The number of amides is 2. The third-order valence-corrected chi connectivity index (χ3v) is 7.13. The maximum atomic E-state index is 14.6. The van der Waals surface area contributed by atoms with E-state index in [0.717, 1.165) is 23.3 Å². The van der Waals surface area contributed by atoms with E-state index in [9.17, 15) is 27.5 Å². The molecule has 0 aliphatic carbocycles. The smallest absolute Gasteiger partial charge is 0.255 e. The fraction of sp³-hybridized carbons (Fsp3) is 0.167. The molecule has 0 heterocycles. The topological polar surface area (TPSA) is 113 Å². The summed E-state index contributed by atoms with van der Waals surface area (Å²) in [6.07, 6.45) is 0. The molecule has 2 amide bonds. The highest BCUT2D eigenvalue weighted by atomic mass is 32.2. The lowest BCUT2D eigenvalue weighted by molar-refractivity contribution is -0.115. The summed E-state index contributed by atoms with van der Waals surface area (Å²) in [6, 6.07) is 14.5. The van der Waals surface area contributed by atoms with Gasteiger partial charge in [0.15, 0.2) is 9.84 Å². The highest BCUT2D eigenvalue weighted by molar-refractivity contribution is 7.92. The molecule has 33 heavy (non-hydrogen) atoms. The van der Waals surface area contributed by atoms with Gasteiger partial charge in [-0.15, -0.1) is 0 Å². The molecular weight excluding hydrogens is 447 g/mol. The number of hydrogen-bond donors (Lipinski definition) is 3. The Kier molecular flexibility index (Phi) is 6.83. The number of aromatic hydroxyl groups is 1. The van der Waals surface area contributed by atoms with Crippen molar-refractivity contribution < 1.29 is 27.5 Å². The summed E-state index contributed by atoms with van der Waals surface area (Å²) < 4.78 is 40.0. The predicted molar refractivity (Wildman–Crippen MR) is 124 cm³/mol. The predicted octanol–water partition coefficient (Wildman–Crippen LogP) is 4.20. The minimum atomic E-state index is -4.01. The molecule has 0 fully saturated rings. The molecule has 0 aromatic heterocycles. The van der Waals surface area contributed by atoms with Crippen molar-refractivity contribution in [1.82, 2.24) is 0 Å². The number of carbonyl (C=O) groups excluding carboxylic acids is 2. The van der Waals surface area contributed by atoms with Crippen molar-refractivity contribution in [1.29, 1.82) is 0 Å². The van der Waals surface area contributed by atoms with Gasteiger partial charge in [-0.1, -0.05) is 35.4 Å².